The number of rotatable bonds is 5. The Balaban J connectivity index is 1.59. The van der Waals surface area contributed by atoms with Crippen molar-refractivity contribution in [1.82, 2.24) is 9.55 Å². The van der Waals surface area contributed by atoms with Gasteiger partial charge in [-0.05, 0) is 24.6 Å². The minimum atomic E-state index is -0.245. The molecule has 130 valence electrons. The van der Waals surface area contributed by atoms with Crippen molar-refractivity contribution in [3.63, 3.8) is 0 Å². The lowest BCUT2D eigenvalue weighted by molar-refractivity contribution is -0.115. The van der Waals surface area contributed by atoms with Crippen molar-refractivity contribution in [3.05, 3.63) is 40.1 Å². The highest BCUT2D eigenvalue weighted by molar-refractivity contribution is 8.00. The van der Waals surface area contributed by atoms with E-state index in [1.807, 2.05) is 30.7 Å². The average Bonchev–Trinajstić information content (AvgIpc) is 3.16. The van der Waals surface area contributed by atoms with Crippen molar-refractivity contribution >= 4 is 61.6 Å². The summed E-state index contributed by atoms with van der Waals surface area (Å²) in [6, 6.07) is 6.15. The van der Waals surface area contributed by atoms with E-state index in [-0.39, 0.29) is 23.3 Å². The molecule has 0 fully saturated rings. The minimum Gasteiger partial charge on any atom is -0.319 e. The summed E-state index contributed by atoms with van der Waals surface area (Å²) in [6.07, 6.45) is 1.63. The third kappa shape index (κ3) is 4.56. The highest BCUT2D eigenvalue weighted by Gasteiger charge is 2.08. The standard InChI is InChI=1S/C16H16N4O2S3/c1-10-3-4-11-12(7-10)25-16(20(11)2)19-14(22)9-23-8-13(21)18-15-17-5-6-24-15/h3-7H,8-9H2,1-2H3,(H,17,18,21). The van der Waals surface area contributed by atoms with Gasteiger partial charge in [0.05, 0.1) is 21.7 Å². The molecule has 0 aliphatic rings. The van der Waals surface area contributed by atoms with E-state index in [1.165, 1.54) is 40.0 Å². The van der Waals surface area contributed by atoms with Crippen molar-refractivity contribution in [2.45, 2.75) is 6.92 Å². The fourth-order valence-corrected chi connectivity index (χ4v) is 4.44. The van der Waals surface area contributed by atoms with Gasteiger partial charge in [-0.2, -0.15) is 4.99 Å². The maximum absolute atomic E-state index is 12.1. The normalized spacial score (nSPS) is 11.8. The Bertz CT molecular complexity index is 973. The molecule has 3 aromatic rings. The molecule has 0 aliphatic carbocycles. The van der Waals surface area contributed by atoms with Crippen molar-refractivity contribution < 1.29 is 9.59 Å². The number of carbonyl (C=O) groups is 2. The molecular formula is C16H16N4O2S3. The molecule has 25 heavy (non-hydrogen) atoms. The van der Waals surface area contributed by atoms with Gasteiger partial charge in [0.2, 0.25) is 5.91 Å². The summed E-state index contributed by atoms with van der Waals surface area (Å²) >= 11 is 4.09. The molecule has 0 radical (unpaired) electrons. The SMILES string of the molecule is Cc1ccc2c(c1)sc(=NC(=O)CSCC(=O)Nc1nccs1)n2C. The zero-order valence-electron chi connectivity index (χ0n) is 13.7. The van der Waals surface area contributed by atoms with Gasteiger partial charge in [0.1, 0.15) is 0 Å². The number of nitrogens with zero attached hydrogens (tertiary/aromatic N) is 3. The monoisotopic (exact) mass is 392 g/mol. The smallest absolute Gasteiger partial charge is 0.258 e. The number of thiazole rings is 2. The zero-order valence-corrected chi connectivity index (χ0v) is 16.1. The number of fused-ring (bicyclic) bond motifs is 1. The number of nitrogens with one attached hydrogen (secondary N) is 1. The van der Waals surface area contributed by atoms with E-state index in [4.69, 9.17) is 0 Å². The molecule has 1 N–H and O–H groups in total. The molecule has 0 aliphatic heterocycles. The van der Waals surface area contributed by atoms with E-state index in [0.717, 1.165) is 10.2 Å². The highest BCUT2D eigenvalue weighted by atomic mass is 32.2. The summed E-state index contributed by atoms with van der Waals surface area (Å²) in [7, 11) is 1.90. The van der Waals surface area contributed by atoms with E-state index in [1.54, 1.807) is 11.6 Å². The molecule has 2 heterocycles. The van der Waals surface area contributed by atoms with Gasteiger partial charge in [-0.3, -0.25) is 9.59 Å². The van der Waals surface area contributed by atoms with Crippen molar-refractivity contribution in [3.8, 4) is 0 Å². The van der Waals surface area contributed by atoms with Crippen LogP contribution in [-0.4, -0.2) is 32.9 Å². The molecule has 0 unspecified atom stereocenters. The largest absolute Gasteiger partial charge is 0.319 e. The summed E-state index contributed by atoms with van der Waals surface area (Å²) in [5.41, 5.74) is 2.23. The van der Waals surface area contributed by atoms with Gasteiger partial charge in [-0.1, -0.05) is 17.4 Å². The Hall–Kier alpha value is -1.97. The molecular weight excluding hydrogens is 376 g/mol. The van der Waals surface area contributed by atoms with E-state index in [9.17, 15) is 9.59 Å². The van der Waals surface area contributed by atoms with Crippen LogP contribution in [0, 0.1) is 6.92 Å². The summed E-state index contributed by atoms with van der Waals surface area (Å²) in [4.78, 5) is 32.6. The fourth-order valence-electron chi connectivity index (χ4n) is 2.16. The first-order valence-corrected chi connectivity index (χ1v) is 10.3. The Morgan fingerprint density at radius 1 is 1.36 bits per heavy atom. The second kappa shape index (κ2) is 7.94. The fraction of sp³-hybridized carbons (Fsp3) is 0.250. The molecule has 0 spiro atoms. The molecule has 0 saturated carbocycles. The Morgan fingerprint density at radius 2 is 2.20 bits per heavy atom. The van der Waals surface area contributed by atoms with Crippen LogP contribution < -0.4 is 10.1 Å². The summed E-state index contributed by atoms with van der Waals surface area (Å²) in [5.74, 6) is -0.0569. The Labute approximate surface area is 156 Å². The van der Waals surface area contributed by atoms with Crippen LogP contribution in [0.5, 0.6) is 0 Å². The first-order valence-electron chi connectivity index (χ1n) is 7.44. The number of carbonyl (C=O) groups excluding carboxylic acids is 2. The molecule has 6 nitrogen and oxygen atoms in total. The van der Waals surface area contributed by atoms with Crippen LogP contribution in [0.4, 0.5) is 5.13 Å². The maximum Gasteiger partial charge on any atom is 0.258 e. The van der Waals surface area contributed by atoms with Crippen LogP contribution in [0.2, 0.25) is 0 Å². The second-order valence-electron chi connectivity index (χ2n) is 5.30. The van der Waals surface area contributed by atoms with Gasteiger partial charge in [0.15, 0.2) is 9.93 Å². The maximum atomic E-state index is 12.1. The van der Waals surface area contributed by atoms with Crippen molar-refractivity contribution in [1.29, 1.82) is 0 Å². The lowest BCUT2D eigenvalue weighted by atomic mass is 10.2. The number of anilines is 1. The number of aryl methyl sites for hydroxylation is 2. The topological polar surface area (TPSA) is 76.3 Å². The zero-order chi connectivity index (χ0) is 17.8. The van der Waals surface area contributed by atoms with E-state index in [2.05, 4.69) is 21.4 Å². The summed E-state index contributed by atoms with van der Waals surface area (Å²) in [5, 5.41) is 5.03. The molecule has 0 bridgehead atoms. The van der Waals surface area contributed by atoms with Crippen LogP contribution >= 0.6 is 34.4 Å². The summed E-state index contributed by atoms with van der Waals surface area (Å²) < 4.78 is 3.02. The number of benzene rings is 1. The quantitative estimate of drug-likeness (QED) is 0.724. The third-order valence-electron chi connectivity index (χ3n) is 3.32. The molecule has 1 aromatic carbocycles. The molecule has 2 aromatic heterocycles. The molecule has 9 heteroatoms. The van der Waals surface area contributed by atoms with Gasteiger partial charge in [0.25, 0.3) is 5.91 Å². The molecule has 3 rings (SSSR count). The van der Waals surface area contributed by atoms with Crippen LogP contribution in [0.15, 0.2) is 34.8 Å². The van der Waals surface area contributed by atoms with Gasteiger partial charge in [-0.15, -0.1) is 23.1 Å². The number of hydrogen-bond donors (Lipinski definition) is 1. The van der Waals surface area contributed by atoms with Crippen molar-refractivity contribution in [2.75, 3.05) is 16.8 Å². The Kier molecular flexibility index (Phi) is 5.67. The van der Waals surface area contributed by atoms with Crippen LogP contribution in [0.25, 0.3) is 10.2 Å². The summed E-state index contributed by atoms with van der Waals surface area (Å²) in [6.45, 7) is 2.04. The van der Waals surface area contributed by atoms with E-state index >= 15 is 0 Å². The third-order valence-corrected chi connectivity index (χ3v) is 6.02. The van der Waals surface area contributed by atoms with Crippen molar-refractivity contribution in [2.24, 2.45) is 12.0 Å². The predicted molar refractivity (Wildman–Crippen MR) is 104 cm³/mol. The van der Waals surface area contributed by atoms with Crippen LogP contribution in [-0.2, 0) is 16.6 Å². The molecule has 2 amide bonds. The molecule has 0 saturated heterocycles. The predicted octanol–water partition coefficient (Wildman–Crippen LogP) is 2.80. The first kappa shape index (κ1) is 17.8. The lowest BCUT2D eigenvalue weighted by Gasteiger charge is -2.00. The first-order chi connectivity index (χ1) is 12.0. The number of hydrogen-bond acceptors (Lipinski definition) is 6. The van der Waals surface area contributed by atoms with Gasteiger partial charge >= 0.3 is 0 Å². The second-order valence-corrected chi connectivity index (χ2v) is 8.19. The van der Waals surface area contributed by atoms with E-state index in [0.29, 0.717) is 9.93 Å². The number of amides is 2. The van der Waals surface area contributed by atoms with E-state index < -0.39 is 0 Å². The highest BCUT2D eigenvalue weighted by Crippen LogP contribution is 2.18. The van der Waals surface area contributed by atoms with Crippen LogP contribution in [0.3, 0.4) is 0 Å². The van der Waals surface area contributed by atoms with Gasteiger partial charge in [-0.25, -0.2) is 4.98 Å². The van der Waals surface area contributed by atoms with Crippen LogP contribution in [0.1, 0.15) is 5.56 Å². The lowest BCUT2D eigenvalue weighted by Crippen LogP contribution is -2.17. The average molecular weight is 393 g/mol. The number of aromatic nitrogens is 2. The minimum absolute atomic E-state index is 0.165. The Morgan fingerprint density at radius 3 is 2.96 bits per heavy atom. The van der Waals surface area contributed by atoms with Gasteiger partial charge < -0.3 is 9.88 Å². The molecule has 0 atom stereocenters. The van der Waals surface area contributed by atoms with Gasteiger partial charge in [0, 0.05) is 18.6 Å². The number of thioether (sulfide) groups is 1.